The third kappa shape index (κ3) is 1.91. The average molecular weight is 170 g/mol. The zero-order chi connectivity index (χ0) is 9.19. The third-order valence-corrected chi connectivity index (χ3v) is 2.41. The predicted molar refractivity (Wildman–Crippen MR) is 48.4 cm³/mol. The van der Waals surface area contributed by atoms with Crippen LogP contribution in [0.4, 0.5) is 0 Å². The van der Waals surface area contributed by atoms with Gasteiger partial charge in [0.2, 0.25) is 0 Å². The molecule has 0 fully saturated rings. The molecule has 0 amide bonds. The molecule has 0 bridgehead atoms. The monoisotopic (exact) mass is 170 g/mol. The molecule has 1 heterocycles. The summed E-state index contributed by atoms with van der Waals surface area (Å²) in [5, 5.41) is 10.4. The Kier molecular flexibility index (Phi) is 2.62. The fourth-order valence-corrected chi connectivity index (χ4v) is 1.64. The number of hydroxylamine groups is 2. The highest BCUT2D eigenvalue weighted by Gasteiger charge is 2.30. The molecule has 0 aromatic carbocycles. The van der Waals surface area contributed by atoms with Gasteiger partial charge in [-0.05, 0) is 12.5 Å². The summed E-state index contributed by atoms with van der Waals surface area (Å²) in [5.41, 5.74) is 5.64. The summed E-state index contributed by atoms with van der Waals surface area (Å²) < 4.78 is 0. The third-order valence-electron chi connectivity index (χ3n) is 2.41. The van der Waals surface area contributed by atoms with E-state index in [4.69, 9.17) is 5.73 Å². The van der Waals surface area contributed by atoms with Crippen LogP contribution in [0.1, 0.15) is 33.1 Å². The van der Waals surface area contributed by atoms with Crippen LogP contribution in [0.25, 0.3) is 0 Å². The molecule has 1 aliphatic heterocycles. The smallest absolute Gasteiger partial charge is 0.120 e. The van der Waals surface area contributed by atoms with Crippen molar-refractivity contribution in [2.45, 2.75) is 33.1 Å². The SMILES string of the molecule is CCCCC1(C)C=C(N)N(O)C1. The molecule has 70 valence electrons. The minimum atomic E-state index is 0.0782. The van der Waals surface area contributed by atoms with Gasteiger partial charge in [-0.1, -0.05) is 26.7 Å². The van der Waals surface area contributed by atoms with Crippen molar-refractivity contribution in [2.24, 2.45) is 11.1 Å². The molecular weight excluding hydrogens is 152 g/mol. The maximum absolute atomic E-state index is 9.27. The second-order valence-electron chi connectivity index (χ2n) is 3.88. The molecule has 3 nitrogen and oxygen atoms in total. The lowest BCUT2D eigenvalue weighted by Crippen LogP contribution is -2.25. The van der Waals surface area contributed by atoms with E-state index in [-0.39, 0.29) is 5.41 Å². The van der Waals surface area contributed by atoms with E-state index in [1.807, 2.05) is 6.08 Å². The molecule has 0 radical (unpaired) electrons. The highest BCUT2D eigenvalue weighted by molar-refractivity contribution is 5.11. The van der Waals surface area contributed by atoms with E-state index in [1.54, 1.807) is 0 Å². The fraction of sp³-hybridized carbons (Fsp3) is 0.778. The number of nitrogens with two attached hydrogens (primary N) is 1. The highest BCUT2D eigenvalue weighted by Crippen LogP contribution is 2.32. The van der Waals surface area contributed by atoms with Crippen molar-refractivity contribution in [1.29, 1.82) is 0 Å². The van der Waals surface area contributed by atoms with Gasteiger partial charge in [-0.3, -0.25) is 5.21 Å². The Morgan fingerprint density at radius 3 is 2.83 bits per heavy atom. The van der Waals surface area contributed by atoms with Crippen LogP contribution >= 0.6 is 0 Å². The Hall–Kier alpha value is -0.700. The summed E-state index contributed by atoms with van der Waals surface area (Å²) >= 11 is 0. The van der Waals surface area contributed by atoms with Crippen LogP contribution in [0.15, 0.2) is 11.9 Å². The summed E-state index contributed by atoms with van der Waals surface area (Å²) in [6.45, 7) is 4.94. The summed E-state index contributed by atoms with van der Waals surface area (Å²) in [5.74, 6) is 0.494. The second kappa shape index (κ2) is 3.35. The lowest BCUT2D eigenvalue weighted by Gasteiger charge is -2.21. The molecule has 0 spiro atoms. The van der Waals surface area contributed by atoms with Gasteiger partial charge in [0, 0.05) is 5.41 Å². The molecular formula is C9H18N2O. The Bertz CT molecular complexity index is 191. The quantitative estimate of drug-likeness (QED) is 0.677. The Labute approximate surface area is 73.8 Å². The number of rotatable bonds is 3. The van der Waals surface area contributed by atoms with Crippen LogP contribution in [-0.4, -0.2) is 16.8 Å². The van der Waals surface area contributed by atoms with Gasteiger partial charge in [0.1, 0.15) is 5.82 Å². The van der Waals surface area contributed by atoms with Crippen LogP contribution in [0, 0.1) is 5.41 Å². The fourth-order valence-electron chi connectivity index (χ4n) is 1.64. The lowest BCUT2D eigenvalue weighted by molar-refractivity contribution is -0.0618. The van der Waals surface area contributed by atoms with E-state index in [2.05, 4.69) is 13.8 Å². The predicted octanol–water partition coefficient (Wildman–Crippen LogP) is 1.69. The van der Waals surface area contributed by atoms with Crippen molar-refractivity contribution in [3.63, 3.8) is 0 Å². The highest BCUT2D eigenvalue weighted by atomic mass is 16.5. The molecule has 3 heteroatoms. The first-order chi connectivity index (χ1) is 5.57. The molecule has 0 saturated heterocycles. The van der Waals surface area contributed by atoms with Crippen LogP contribution in [0.3, 0.4) is 0 Å². The minimum Gasteiger partial charge on any atom is -0.384 e. The summed E-state index contributed by atoms with van der Waals surface area (Å²) in [6.07, 6.45) is 5.44. The summed E-state index contributed by atoms with van der Waals surface area (Å²) in [7, 11) is 0. The first-order valence-corrected chi connectivity index (χ1v) is 4.52. The van der Waals surface area contributed by atoms with Gasteiger partial charge in [0.15, 0.2) is 0 Å². The number of hydrogen-bond acceptors (Lipinski definition) is 3. The molecule has 1 aliphatic rings. The van der Waals surface area contributed by atoms with Gasteiger partial charge < -0.3 is 5.73 Å². The van der Waals surface area contributed by atoms with Crippen molar-refractivity contribution in [2.75, 3.05) is 6.54 Å². The van der Waals surface area contributed by atoms with Gasteiger partial charge in [0.25, 0.3) is 0 Å². The molecule has 0 aromatic heterocycles. The van der Waals surface area contributed by atoms with Crippen molar-refractivity contribution in [1.82, 2.24) is 5.06 Å². The largest absolute Gasteiger partial charge is 0.384 e. The normalized spacial score (nSPS) is 29.2. The molecule has 0 saturated carbocycles. The zero-order valence-corrected chi connectivity index (χ0v) is 7.88. The molecule has 3 N–H and O–H groups in total. The summed E-state index contributed by atoms with van der Waals surface area (Å²) in [6, 6.07) is 0. The summed E-state index contributed by atoms with van der Waals surface area (Å²) in [4.78, 5) is 0. The van der Waals surface area contributed by atoms with E-state index in [1.165, 1.54) is 12.8 Å². The Balaban J connectivity index is 2.52. The Morgan fingerprint density at radius 1 is 1.75 bits per heavy atom. The molecule has 0 aromatic rings. The second-order valence-corrected chi connectivity index (χ2v) is 3.88. The van der Waals surface area contributed by atoms with Gasteiger partial charge in [-0.2, -0.15) is 0 Å². The van der Waals surface area contributed by atoms with Crippen LogP contribution in [0.2, 0.25) is 0 Å². The van der Waals surface area contributed by atoms with Gasteiger partial charge >= 0.3 is 0 Å². The van der Waals surface area contributed by atoms with Gasteiger partial charge in [-0.25, -0.2) is 5.06 Å². The van der Waals surface area contributed by atoms with Crippen molar-refractivity contribution < 1.29 is 5.21 Å². The maximum atomic E-state index is 9.27. The molecule has 1 rings (SSSR count). The van der Waals surface area contributed by atoms with E-state index < -0.39 is 0 Å². The molecule has 12 heavy (non-hydrogen) atoms. The number of unbranched alkanes of at least 4 members (excludes halogenated alkanes) is 1. The number of nitrogens with zero attached hydrogens (tertiary/aromatic N) is 1. The lowest BCUT2D eigenvalue weighted by atomic mass is 9.86. The Morgan fingerprint density at radius 2 is 2.42 bits per heavy atom. The first-order valence-electron chi connectivity index (χ1n) is 4.52. The minimum absolute atomic E-state index is 0.0782. The number of hydrogen-bond donors (Lipinski definition) is 2. The zero-order valence-electron chi connectivity index (χ0n) is 7.88. The van der Waals surface area contributed by atoms with E-state index in [0.29, 0.717) is 12.4 Å². The van der Waals surface area contributed by atoms with E-state index >= 15 is 0 Å². The maximum Gasteiger partial charge on any atom is 0.120 e. The van der Waals surface area contributed by atoms with E-state index in [9.17, 15) is 5.21 Å². The first kappa shape index (κ1) is 9.39. The average Bonchev–Trinajstić information content (AvgIpc) is 2.24. The van der Waals surface area contributed by atoms with Crippen LogP contribution < -0.4 is 5.73 Å². The van der Waals surface area contributed by atoms with Crippen LogP contribution in [0.5, 0.6) is 0 Å². The van der Waals surface area contributed by atoms with Gasteiger partial charge in [-0.15, -0.1) is 0 Å². The molecule has 1 atom stereocenters. The van der Waals surface area contributed by atoms with Crippen molar-refractivity contribution in [3.8, 4) is 0 Å². The van der Waals surface area contributed by atoms with E-state index in [0.717, 1.165) is 11.5 Å². The van der Waals surface area contributed by atoms with Crippen LogP contribution in [-0.2, 0) is 0 Å². The van der Waals surface area contributed by atoms with Gasteiger partial charge in [0.05, 0.1) is 6.54 Å². The molecule has 1 unspecified atom stereocenters. The van der Waals surface area contributed by atoms with Crippen molar-refractivity contribution >= 4 is 0 Å². The standard InChI is InChI=1S/C9H18N2O/c1-3-4-5-9(2)6-8(10)11(12)7-9/h6,12H,3-5,7,10H2,1-2H3. The van der Waals surface area contributed by atoms with Crippen molar-refractivity contribution in [3.05, 3.63) is 11.9 Å². The topological polar surface area (TPSA) is 49.5 Å². The molecule has 0 aliphatic carbocycles.